The second-order valence-electron chi connectivity index (χ2n) is 6.01. The molecule has 1 aromatic carbocycles. The normalized spacial score (nSPS) is 23.3. The minimum absolute atomic E-state index is 0.0271. The van der Waals surface area contributed by atoms with Crippen LogP contribution in [0.5, 0.6) is 0 Å². The van der Waals surface area contributed by atoms with Crippen molar-refractivity contribution in [2.45, 2.75) is 26.3 Å². The van der Waals surface area contributed by atoms with Gasteiger partial charge in [0.05, 0.1) is 5.41 Å². The van der Waals surface area contributed by atoms with Gasteiger partial charge in [0, 0.05) is 13.1 Å². The Hall–Kier alpha value is -1.88. The van der Waals surface area contributed by atoms with Crippen LogP contribution in [0.2, 0.25) is 0 Å². The highest BCUT2D eigenvalue weighted by Crippen LogP contribution is 2.38. The average Bonchev–Trinajstić information content (AvgIpc) is 2.93. The molecule has 0 aromatic heterocycles. The van der Waals surface area contributed by atoms with Crippen molar-refractivity contribution in [2.24, 2.45) is 17.1 Å². The Bertz CT molecular complexity index is 530. The average molecular weight is 290 g/mol. The number of amides is 1. The molecule has 0 bridgehead atoms. The maximum absolute atomic E-state index is 12.5. The second-order valence-corrected chi connectivity index (χ2v) is 6.01. The van der Waals surface area contributed by atoms with E-state index in [4.69, 9.17) is 5.73 Å². The zero-order valence-electron chi connectivity index (χ0n) is 12.5. The van der Waals surface area contributed by atoms with E-state index in [0.717, 1.165) is 5.56 Å². The number of carbonyl (C=O) groups excluding carboxylic acids is 1. The summed E-state index contributed by atoms with van der Waals surface area (Å²) in [5.74, 6) is -1.06. The first kappa shape index (κ1) is 15.5. The van der Waals surface area contributed by atoms with Gasteiger partial charge in [-0.3, -0.25) is 9.59 Å². The molecule has 5 nitrogen and oxygen atoms in total. The summed E-state index contributed by atoms with van der Waals surface area (Å²) in [7, 11) is 0. The number of benzene rings is 1. The van der Waals surface area contributed by atoms with Crippen LogP contribution in [-0.2, 0) is 9.59 Å². The standard InChI is InChI=1S/C16H22N2O3/c1-11(2)16(15(20)21)8-9-18(10-16)14(19)13(17)12-6-4-3-5-7-12/h3-7,11,13H,8-10,17H2,1-2H3,(H,20,21). The molecule has 1 aliphatic rings. The van der Waals surface area contributed by atoms with Crippen molar-refractivity contribution >= 4 is 11.9 Å². The lowest BCUT2D eigenvalue weighted by Crippen LogP contribution is -2.43. The van der Waals surface area contributed by atoms with Gasteiger partial charge in [-0.05, 0) is 17.9 Å². The predicted octanol–water partition coefficient (Wildman–Crippen LogP) is 1.65. The first-order valence-electron chi connectivity index (χ1n) is 7.21. The highest BCUT2D eigenvalue weighted by Gasteiger charge is 2.48. The van der Waals surface area contributed by atoms with Crippen LogP contribution in [-0.4, -0.2) is 35.0 Å². The van der Waals surface area contributed by atoms with Gasteiger partial charge in [-0.1, -0.05) is 44.2 Å². The van der Waals surface area contributed by atoms with Crippen LogP contribution < -0.4 is 5.73 Å². The van der Waals surface area contributed by atoms with Crippen molar-refractivity contribution in [3.8, 4) is 0 Å². The first-order valence-corrected chi connectivity index (χ1v) is 7.21. The number of nitrogens with zero attached hydrogens (tertiary/aromatic N) is 1. The molecule has 3 N–H and O–H groups in total. The van der Waals surface area contributed by atoms with Gasteiger partial charge in [0.25, 0.3) is 0 Å². The summed E-state index contributed by atoms with van der Waals surface area (Å²) in [6.45, 7) is 4.46. The van der Waals surface area contributed by atoms with Crippen LogP contribution in [0.3, 0.4) is 0 Å². The smallest absolute Gasteiger partial charge is 0.311 e. The topological polar surface area (TPSA) is 83.6 Å². The summed E-state index contributed by atoms with van der Waals surface area (Å²) < 4.78 is 0. The third-order valence-electron chi connectivity index (χ3n) is 4.57. The quantitative estimate of drug-likeness (QED) is 0.883. The lowest BCUT2D eigenvalue weighted by atomic mass is 9.76. The molecule has 5 heteroatoms. The summed E-state index contributed by atoms with van der Waals surface area (Å²) in [5, 5.41) is 9.52. The van der Waals surface area contributed by atoms with Gasteiger partial charge in [0.1, 0.15) is 6.04 Å². The Labute approximate surface area is 124 Å². The van der Waals surface area contributed by atoms with Crippen molar-refractivity contribution in [3.05, 3.63) is 35.9 Å². The third kappa shape index (κ3) is 2.78. The second kappa shape index (κ2) is 5.85. The number of carboxylic acids is 1. The van der Waals surface area contributed by atoms with Crippen molar-refractivity contribution in [2.75, 3.05) is 13.1 Å². The van der Waals surface area contributed by atoms with Crippen molar-refractivity contribution in [1.29, 1.82) is 0 Å². The number of carbonyl (C=O) groups is 2. The summed E-state index contributed by atoms with van der Waals surface area (Å²) in [6.07, 6.45) is 0.479. The van der Waals surface area contributed by atoms with Gasteiger partial charge in [-0.25, -0.2) is 0 Å². The van der Waals surface area contributed by atoms with Crippen LogP contribution in [0.4, 0.5) is 0 Å². The highest BCUT2D eigenvalue weighted by atomic mass is 16.4. The number of carboxylic acid groups (broad SMARTS) is 1. The molecule has 114 valence electrons. The fourth-order valence-electron chi connectivity index (χ4n) is 2.91. The van der Waals surface area contributed by atoms with E-state index in [1.165, 1.54) is 0 Å². The van der Waals surface area contributed by atoms with E-state index in [9.17, 15) is 14.7 Å². The van der Waals surface area contributed by atoms with E-state index in [1.54, 1.807) is 4.90 Å². The van der Waals surface area contributed by atoms with Gasteiger partial charge in [-0.2, -0.15) is 0 Å². The number of nitrogens with two attached hydrogens (primary N) is 1. The van der Waals surface area contributed by atoms with E-state index >= 15 is 0 Å². The van der Waals surface area contributed by atoms with Crippen LogP contribution >= 0.6 is 0 Å². The lowest BCUT2D eigenvalue weighted by Gasteiger charge is -2.29. The van der Waals surface area contributed by atoms with Gasteiger partial charge in [0.2, 0.25) is 5.91 Å². The molecule has 0 spiro atoms. The Morgan fingerprint density at radius 3 is 2.38 bits per heavy atom. The maximum atomic E-state index is 12.5. The van der Waals surface area contributed by atoms with Crippen LogP contribution in [0.15, 0.2) is 30.3 Å². The first-order chi connectivity index (χ1) is 9.88. The molecule has 1 aliphatic heterocycles. The van der Waals surface area contributed by atoms with Gasteiger partial charge in [0.15, 0.2) is 0 Å². The monoisotopic (exact) mass is 290 g/mol. The zero-order valence-corrected chi connectivity index (χ0v) is 12.5. The number of hydrogen-bond donors (Lipinski definition) is 2. The minimum atomic E-state index is -0.855. The molecule has 2 atom stereocenters. The molecular weight excluding hydrogens is 268 g/mol. The molecule has 21 heavy (non-hydrogen) atoms. The molecule has 2 rings (SSSR count). The van der Waals surface area contributed by atoms with E-state index in [1.807, 2.05) is 44.2 Å². The number of likely N-dealkylation sites (tertiary alicyclic amines) is 1. The van der Waals surface area contributed by atoms with E-state index in [0.29, 0.717) is 13.0 Å². The fourth-order valence-corrected chi connectivity index (χ4v) is 2.91. The molecule has 1 amide bonds. The fraction of sp³-hybridized carbons (Fsp3) is 0.500. The highest BCUT2D eigenvalue weighted by molar-refractivity contribution is 5.85. The Morgan fingerprint density at radius 2 is 1.90 bits per heavy atom. The SMILES string of the molecule is CC(C)C1(C(=O)O)CCN(C(=O)C(N)c2ccccc2)C1. The van der Waals surface area contributed by atoms with Gasteiger partial charge in [-0.15, -0.1) is 0 Å². The molecule has 1 heterocycles. The molecular formula is C16H22N2O3. The lowest BCUT2D eigenvalue weighted by molar-refractivity contribution is -0.151. The third-order valence-corrected chi connectivity index (χ3v) is 4.57. The number of rotatable bonds is 4. The van der Waals surface area contributed by atoms with Crippen LogP contribution in [0, 0.1) is 11.3 Å². The summed E-state index contributed by atoms with van der Waals surface area (Å²) >= 11 is 0. The molecule has 1 aromatic rings. The van der Waals surface area contributed by atoms with E-state index < -0.39 is 17.4 Å². The Balaban J connectivity index is 2.14. The van der Waals surface area contributed by atoms with Gasteiger partial charge >= 0.3 is 5.97 Å². The van der Waals surface area contributed by atoms with Crippen molar-refractivity contribution in [3.63, 3.8) is 0 Å². The zero-order chi connectivity index (χ0) is 15.6. The molecule has 1 fully saturated rings. The number of hydrogen-bond acceptors (Lipinski definition) is 3. The predicted molar refractivity (Wildman–Crippen MR) is 79.5 cm³/mol. The van der Waals surface area contributed by atoms with Crippen molar-refractivity contribution in [1.82, 2.24) is 4.90 Å². The molecule has 1 saturated heterocycles. The Kier molecular flexibility index (Phi) is 4.32. The molecule has 0 aliphatic carbocycles. The molecule has 0 radical (unpaired) electrons. The minimum Gasteiger partial charge on any atom is -0.481 e. The maximum Gasteiger partial charge on any atom is 0.311 e. The largest absolute Gasteiger partial charge is 0.481 e. The summed E-state index contributed by atoms with van der Waals surface area (Å²) in [6, 6.07) is 8.43. The van der Waals surface area contributed by atoms with E-state index in [-0.39, 0.29) is 18.4 Å². The molecule has 0 saturated carbocycles. The summed E-state index contributed by atoms with van der Waals surface area (Å²) in [5.41, 5.74) is 5.92. The van der Waals surface area contributed by atoms with Crippen LogP contribution in [0.25, 0.3) is 0 Å². The molecule has 2 unspecified atom stereocenters. The van der Waals surface area contributed by atoms with Gasteiger partial charge < -0.3 is 15.7 Å². The Morgan fingerprint density at radius 1 is 1.29 bits per heavy atom. The van der Waals surface area contributed by atoms with Crippen LogP contribution in [0.1, 0.15) is 31.9 Å². The van der Waals surface area contributed by atoms with Crippen molar-refractivity contribution < 1.29 is 14.7 Å². The number of aliphatic carboxylic acids is 1. The summed E-state index contributed by atoms with van der Waals surface area (Å²) in [4.78, 5) is 25.7. The van der Waals surface area contributed by atoms with E-state index in [2.05, 4.69) is 0 Å².